The van der Waals surface area contributed by atoms with Gasteiger partial charge in [0.15, 0.2) is 11.0 Å². The van der Waals surface area contributed by atoms with Crippen LogP contribution < -0.4 is 5.43 Å². The van der Waals surface area contributed by atoms with Crippen molar-refractivity contribution in [2.75, 3.05) is 5.75 Å². The molecule has 0 atom stereocenters. The highest BCUT2D eigenvalue weighted by Crippen LogP contribution is 2.27. The van der Waals surface area contributed by atoms with Crippen LogP contribution in [0, 0.1) is 0 Å². The van der Waals surface area contributed by atoms with Gasteiger partial charge in [-0.05, 0) is 30.9 Å². The largest absolute Gasteiger partial charge is 0.302 e. The summed E-state index contributed by atoms with van der Waals surface area (Å²) in [5.41, 5.74) is 6.38. The second kappa shape index (κ2) is 10.3. The van der Waals surface area contributed by atoms with Crippen LogP contribution in [0.3, 0.4) is 0 Å². The van der Waals surface area contributed by atoms with E-state index in [0.717, 1.165) is 17.0 Å². The number of hydrogen-bond acceptors (Lipinski definition) is 5. The SMILES string of the molecule is CCn1c(SCC(=O)N/N=C(\C)c2ccccc2Cl)nnc1-c1ccc(C(C)(C)C)cc1. The minimum Gasteiger partial charge on any atom is -0.302 e. The second-order valence-corrected chi connectivity index (χ2v) is 9.73. The number of carbonyl (C=O) groups excluding carboxylic acids is 1. The smallest absolute Gasteiger partial charge is 0.250 e. The van der Waals surface area contributed by atoms with Crippen LogP contribution in [0.1, 0.15) is 45.7 Å². The molecule has 1 heterocycles. The van der Waals surface area contributed by atoms with E-state index < -0.39 is 0 Å². The number of nitrogens with one attached hydrogen (secondary N) is 1. The minimum atomic E-state index is -0.219. The summed E-state index contributed by atoms with van der Waals surface area (Å²) in [4.78, 5) is 12.3. The predicted molar refractivity (Wildman–Crippen MR) is 132 cm³/mol. The molecule has 1 amide bonds. The number of hydrogen-bond donors (Lipinski definition) is 1. The van der Waals surface area contributed by atoms with Crippen molar-refractivity contribution in [1.82, 2.24) is 20.2 Å². The fourth-order valence-corrected chi connectivity index (χ4v) is 4.20. The van der Waals surface area contributed by atoms with Crippen LogP contribution in [-0.2, 0) is 16.8 Å². The minimum absolute atomic E-state index is 0.0953. The normalized spacial score (nSPS) is 12.1. The Kier molecular flexibility index (Phi) is 7.74. The summed E-state index contributed by atoms with van der Waals surface area (Å²) in [6.45, 7) is 11.1. The van der Waals surface area contributed by atoms with Crippen LogP contribution in [-0.4, -0.2) is 32.1 Å². The molecule has 0 saturated heterocycles. The Morgan fingerprint density at radius 2 is 1.81 bits per heavy atom. The molecular formula is C24H28ClN5OS. The number of rotatable bonds is 7. The summed E-state index contributed by atoms with van der Waals surface area (Å²) in [6.07, 6.45) is 0. The molecule has 3 rings (SSSR count). The highest BCUT2D eigenvalue weighted by Gasteiger charge is 2.17. The van der Waals surface area contributed by atoms with Gasteiger partial charge >= 0.3 is 0 Å². The maximum absolute atomic E-state index is 12.3. The summed E-state index contributed by atoms with van der Waals surface area (Å²) >= 11 is 7.51. The number of thioether (sulfide) groups is 1. The molecule has 0 aliphatic carbocycles. The van der Waals surface area contributed by atoms with Crippen LogP contribution in [0.15, 0.2) is 58.8 Å². The lowest BCUT2D eigenvalue weighted by Crippen LogP contribution is -2.21. The summed E-state index contributed by atoms with van der Waals surface area (Å²) in [7, 11) is 0. The Bertz CT molecular complexity index is 1120. The zero-order chi connectivity index (χ0) is 23.3. The average Bonchev–Trinajstić information content (AvgIpc) is 3.18. The third-order valence-corrected chi connectivity index (χ3v) is 6.28. The fraction of sp³-hybridized carbons (Fsp3) is 0.333. The topological polar surface area (TPSA) is 72.2 Å². The average molecular weight is 470 g/mol. The van der Waals surface area contributed by atoms with E-state index >= 15 is 0 Å². The molecular weight excluding hydrogens is 442 g/mol. The van der Waals surface area contributed by atoms with Gasteiger partial charge in [-0.15, -0.1) is 10.2 Å². The van der Waals surface area contributed by atoms with Crippen LogP contribution >= 0.6 is 23.4 Å². The number of nitrogens with zero attached hydrogens (tertiary/aromatic N) is 4. The molecule has 0 fully saturated rings. The van der Waals surface area contributed by atoms with Crippen molar-refractivity contribution in [2.24, 2.45) is 5.10 Å². The van der Waals surface area contributed by atoms with Crippen LogP contribution in [0.25, 0.3) is 11.4 Å². The van der Waals surface area contributed by atoms with Gasteiger partial charge in [0.2, 0.25) is 0 Å². The number of amides is 1. The number of hydrazone groups is 1. The lowest BCUT2D eigenvalue weighted by molar-refractivity contribution is -0.118. The fourth-order valence-electron chi connectivity index (χ4n) is 3.14. The van der Waals surface area contributed by atoms with Gasteiger partial charge in [-0.1, -0.05) is 86.6 Å². The highest BCUT2D eigenvalue weighted by atomic mass is 35.5. The number of carbonyl (C=O) groups is 1. The Hall–Kier alpha value is -2.64. The van der Waals surface area contributed by atoms with Crippen molar-refractivity contribution in [3.05, 3.63) is 64.7 Å². The van der Waals surface area contributed by atoms with E-state index in [0.29, 0.717) is 22.4 Å². The maximum Gasteiger partial charge on any atom is 0.250 e. The zero-order valence-electron chi connectivity index (χ0n) is 19.0. The summed E-state index contributed by atoms with van der Waals surface area (Å²) in [5, 5.41) is 14.1. The molecule has 0 radical (unpaired) electrons. The van der Waals surface area contributed by atoms with E-state index in [4.69, 9.17) is 11.6 Å². The molecule has 168 valence electrons. The Morgan fingerprint density at radius 3 is 2.44 bits per heavy atom. The molecule has 0 aliphatic rings. The van der Waals surface area contributed by atoms with Crippen molar-refractivity contribution in [3.8, 4) is 11.4 Å². The molecule has 0 aliphatic heterocycles. The third-order valence-electron chi connectivity index (χ3n) is 4.99. The molecule has 1 N–H and O–H groups in total. The monoisotopic (exact) mass is 469 g/mol. The van der Waals surface area contributed by atoms with Crippen molar-refractivity contribution >= 4 is 35.0 Å². The van der Waals surface area contributed by atoms with Gasteiger partial charge in [0, 0.05) is 22.7 Å². The predicted octanol–water partition coefficient (Wildman–Crippen LogP) is 5.55. The second-order valence-electron chi connectivity index (χ2n) is 8.38. The van der Waals surface area contributed by atoms with E-state index in [9.17, 15) is 4.79 Å². The quantitative estimate of drug-likeness (QED) is 0.280. The van der Waals surface area contributed by atoms with Gasteiger partial charge in [0.05, 0.1) is 11.5 Å². The van der Waals surface area contributed by atoms with Crippen molar-refractivity contribution in [3.63, 3.8) is 0 Å². The molecule has 0 unspecified atom stereocenters. The van der Waals surface area contributed by atoms with Crippen LogP contribution in [0.2, 0.25) is 5.02 Å². The van der Waals surface area contributed by atoms with E-state index in [1.807, 2.05) is 29.7 Å². The number of benzene rings is 2. The first-order valence-electron chi connectivity index (χ1n) is 10.5. The molecule has 2 aromatic carbocycles. The first-order valence-corrected chi connectivity index (χ1v) is 11.8. The van der Waals surface area contributed by atoms with Gasteiger partial charge in [-0.2, -0.15) is 5.10 Å². The first-order chi connectivity index (χ1) is 15.2. The van der Waals surface area contributed by atoms with Crippen molar-refractivity contribution in [2.45, 2.75) is 51.7 Å². The van der Waals surface area contributed by atoms with Gasteiger partial charge in [-0.3, -0.25) is 4.79 Å². The number of aromatic nitrogens is 3. The van der Waals surface area contributed by atoms with Crippen molar-refractivity contribution in [1.29, 1.82) is 0 Å². The van der Waals surface area contributed by atoms with Gasteiger partial charge in [-0.25, -0.2) is 5.43 Å². The third kappa shape index (κ3) is 5.78. The standard InChI is InChI=1S/C24H28ClN5OS/c1-6-30-22(17-11-13-18(14-12-17)24(3,4)5)28-29-23(30)32-15-21(31)27-26-16(2)19-9-7-8-10-20(19)25/h7-14H,6,15H2,1-5H3,(H,27,31)/b26-16+. The van der Waals surface area contributed by atoms with E-state index in [1.165, 1.54) is 17.3 Å². The van der Waals surface area contributed by atoms with Gasteiger partial charge in [0.1, 0.15) is 0 Å². The van der Waals surface area contributed by atoms with Crippen LogP contribution in [0.5, 0.6) is 0 Å². The summed E-state index contributed by atoms with van der Waals surface area (Å²) in [5.74, 6) is 0.756. The molecule has 1 aromatic heterocycles. The number of halogens is 1. The summed E-state index contributed by atoms with van der Waals surface area (Å²) in [6, 6.07) is 15.8. The lowest BCUT2D eigenvalue weighted by Gasteiger charge is -2.19. The molecule has 0 saturated carbocycles. The Balaban J connectivity index is 1.66. The van der Waals surface area contributed by atoms with Crippen molar-refractivity contribution < 1.29 is 4.79 Å². The Labute approximate surface area is 198 Å². The molecule has 6 nitrogen and oxygen atoms in total. The van der Waals surface area contributed by atoms with E-state index in [1.54, 1.807) is 13.0 Å². The lowest BCUT2D eigenvalue weighted by atomic mass is 9.87. The van der Waals surface area contributed by atoms with E-state index in [-0.39, 0.29) is 17.1 Å². The van der Waals surface area contributed by atoms with Gasteiger partial charge < -0.3 is 4.57 Å². The molecule has 3 aromatic rings. The molecule has 8 heteroatoms. The Morgan fingerprint density at radius 1 is 1.12 bits per heavy atom. The molecule has 32 heavy (non-hydrogen) atoms. The van der Waals surface area contributed by atoms with Gasteiger partial charge in [0.25, 0.3) is 5.91 Å². The molecule has 0 spiro atoms. The van der Waals surface area contributed by atoms with E-state index in [2.05, 4.69) is 65.8 Å². The highest BCUT2D eigenvalue weighted by molar-refractivity contribution is 7.99. The molecule has 0 bridgehead atoms. The van der Waals surface area contributed by atoms with Crippen LogP contribution in [0.4, 0.5) is 0 Å². The maximum atomic E-state index is 12.3. The summed E-state index contributed by atoms with van der Waals surface area (Å²) < 4.78 is 2.02. The first kappa shape index (κ1) is 24.0. The zero-order valence-corrected chi connectivity index (χ0v) is 20.6.